The molecule has 0 N–H and O–H groups in total. The second-order valence-electron chi connectivity index (χ2n) is 4.08. The summed E-state index contributed by atoms with van der Waals surface area (Å²) in [5.41, 5.74) is 0.691. The van der Waals surface area contributed by atoms with Crippen LogP contribution in [-0.4, -0.2) is 35.7 Å². The van der Waals surface area contributed by atoms with Gasteiger partial charge in [-0.2, -0.15) is 5.26 Å². The molecular formula is C13H11N3O2. The highest BCUT2D eigenvalue weighted by molar-refractivity contribution is 6.22. The molecule has 5 nitrogen and oxygen atoms in total. The molecule has 0 saturated heterocycles. The summed E-state index contributed by atoms with van der Waals surface area (Å²) in [5.74, 6) is -0.907. The molecule has 0 radical (unpaired) electrons. The van der Waals surface area contributed by atoms with E-state index >= 15 is 0 Å². The number of carbonyl (C=O) groups is 2. The number of amides is 2. The van der Waals surface area contributed by atoms with Gasteiger partial charge in [0.25, 0.3) is 11.8 Å². The number of hydrogen-bond acceptors (Lipinski definition) is 4. The van der Waals surface area contributed by atoms with Gasteiger partial charge < -0.3 is 4.90 Å². The van der Waals surface area contributed by atoms with Gasteiger partial charge in [0.15, 0.2) is 0 Å². The first-order valence-corrected chi connectivity index (χ1v) is 5.32. The number of fused-ring (bicyclic) bond motifs is 1. The van der Waals surface area contributed by atoms with Crippen LogP contribution in [0.3, 0.4) is 0 Å². The summed E-state index contributed by atoms with van der Waals surface area (Å²) in [4.78, 5) is 26.7. The van der Waals surface area contributed by atoms with E-state index in [1.807, 2.05) is 6.07 Å². The van der Waals surface area contributed by atoms with Crippen molar-refractivity contribution in [3.8, 4) is 6.07 Å². The molecule has 90 valence electrons. The number of allylic oxidation sites excluding steroid dienone is 1. The molecule has 0 fully saturated rings. The fourth-order valence-electron chi connectivity index (χ4n) is 1.79. The molecule has 1 aromatic carbocycles. The highest BCUT2D eigenvalue weighted by Crippen LogP contribution is 2.25. The van der Waals surface area contributed by atoms with Crippen molar-refractivity contribution in [1.82, 2.24) is 9.80 Å². The summed E-state index contributed by atoms with van der Waals surface area (Å²) < 4.78 is 0. The first-order chi connectivity index (χ1) is 8.56. The third-order valence-corrected chi connectivity index (χ3v) is 2.53. The van der Waals surface area contributed by atoms with Crippen LogP contribution in [0.4, 0.5) is 0 Å². The number of hydrogen-bond donors (Lipinski definition) is 0. The zero-order chi connectivity index (χ0) is 13.3. The lowest BCUT2D eigenvalue weighted by Gasteiger charge is -2.14. The highest BCUT2D eigenvalue weighted by Gasteiger charge is 2.37. The van der Waals surface area contributed by atoms with Crippen molar-refractivity contribution < 1.29 is 9.59 Å². The minimum absolute atomic E-state index is 0.0196. The summed E-state index contributed by atoms with van der Waals surface area (Å²) in [6.45, 7) is 0. The van der Waals surface area contributed by atoms with Crippen LogP contribution in [0, 0.1) is 11.3 Å². The van der Waals surface area contributed by atoms with Crippen molar-refractivity contribution in [3.63, 3.8) is 0 Å². The monoisotopic (exact) mass is 241 g/mol. The normalized spacial score (nSPS) is 14.5. The summed E-state index contributed by atoms with van der Waals surface area (Å²) in [5, 5.41) is 9.06. The van der Waals surface area contributed by atoms with Crippen LogP contribution in [0.1, 0.15) is 20.7 Å². The first kappa shape index (κ1) is 11.9. The molecule has 2 amide bonds. The summed E-state index contributed by atoms with van der Waals surface area (Å²) >= 11 is 0. The predicted octanol–water partition coefficient (Wildman–Crippen LogP) is 1.21. The van der Waals surface area contributed by atoms with Gasteiger partial charge in [0.2, 0.25) is 0 Å². The van der Waals surface area contributed by atoms with Crippen molar-refractivity contribution in [2.24, 2.45) is 0 Å². The molecule has 2 rings (SSSR count). The molecule has 0 aliphatic carbocycles. The minimum atomic E-state index is -0.453. The maximum atomic E-state index is 12.1. The van der Waals surface area contributed by atoms with Crippen molar-refractivity contribution in [2.75, 3.05) is 14.1 Å². The van der Waals surface area contributed by atoms with E-state index in [2.05, 4.69) is 0 Å². The summed E-state index contributed by atoms with van der Waals surface area (Å²) in [6, 6.07) is 8.42. The van der Waals surface area contributed by atoms with Crippen LogP contribution in [0.5, 0.6) is 0 Å². The third kappa shape index (κ3) is 1.74. The Labute approximate surface area is 105 Å². The lowest BCUT2D eigenvalue weighted by molar-refractivity contribution is 0.0709. The van der Waals surface area contributed by atoms with Crippen LogP contribution in [0.15, 0.2) is 36.2 Å². The van der Waals surface area contributed by atoms with Gasteiger partial charge in [-0.1, -0.05) is 12.1 Å². The van der Waals surface area contributed by atoms with Gasteiger partial charge >= 0.3 is 0 Å². The lowest BCUT2D eigenvalue weighted by atomic mass is 10.1. The fraction of sp³-hybridized carbons (Fsp3) is 0.154. The lowest BCUT2D eigenvalue weighted by Crippen LogP contribution is -2.29. The van der Waals surface area contributed by atoms with Gasteiger partial charge in [0, 0.05) is 20.3 Å². The molecule has 0 spiro atoms. The Morgan fingerprint density at radius 1 is 1.22 bits per heavy atom. The fourth-order valence-corrected chi connectivity index (χ4v) is 1.79. The van der Waals surface area contributed by atoms with E-state index in [-0.39, 0.29) is 5.70 Å². The van der Waals surface area contributed by atoms with Gasteiger partial charge in [0.1, 0.15) is 11.8 Å². The SMILES string of the molecule is CN(C)/C=C(\C#N)N1C(=O)c2ccccc2C1=O. The van der Waals surface area contributed by atoms with Crippen LogP contribution in [0.25, 0.3) is 0 Å². The molecule has 0 unspecified atom stereocenters. The second-order valence-corrected chi connectivity index (χ2v) is 4.08. The van der Waals surface area contributed by atoms with E-state index in [0.29, 0.717) is 11.1 Å². The standard InChI is InChI=1S/C13H11N3O2/c1-15(2)8-9(7-14)16-12(17)10-5-3-4-6-11(10)13(16)18/h3-6,8H,1-2H3/b9-8+. The zero-order valence-electron chi connectivity index (χ0n) is 10.0. The third-order valence-electron chi connectivity index (χ3n) is 2.53. The van der Waals surface area contributed by atoms with Crippen LogP contribution < -0.4 is 0 Å². The van der Waals surface area contributed by atoms with Gasteiger partial charge in [0.05, 0.1) is 11.1 Å². The van der Waals surface area contributed by atoms with Gasteiger partial charge in [-0.3, -0.25) is 9.59 Å². The summed E-state index contributed by atoms with van der Waals surface area (Å²) in [6.07, 6.45) is 1.45. The van der Waals surface area contributed by atoms with Crippen molar-refractivity contribution >= 4 is 11.8 Å². The van der Waals surface area contributed by atoms with E-state index in [1.165, 1.54) is 6.20 Å². The predicted molar refractivity (Wildman–Crippen MR) is 64.3 cm³/mol. The number of benzene rings is 1. The minimum Gasteiger partial charge on any atom is -0.381 e. The molecule has 0 bridgehead atoms. The molecule has 1 aliphatic heterocycles. The average molecular weight is 241 g/mol. The second kappa shape index (κ2) is 4.34. The summed E-state index contributed by atoms with van der Waals surface area (Å²) in [7, 11) is 3.44. The Hall–Kier alpha value is -2.61. The Morgan fingerprint density at radius 3 is 2.11 bits per heavy atom. The Kier molecular flexibility index (Phi) is 2.86. The van der Waals surface area contributed by atoms with Crippen molar-refractivity contribution in [1.29, 1.82) is 5.26 Å². The van der Waals surface area contributed by atoms with E-state index < -0.39 is 11.8 Å². The molecule has 1 heterocycles. The number of imide groups is 1. The van der Waals surface area contributed by atoms with Crippen LogP contribution in [-0.2, 0) is 0 Å². The van der Waals surface area contributed by atoms with Crippen molar-refractivity contribution in [2.45, 2.75) is 0 Å². The topological polar surface area (TPSA) is 64.4 Å². The smallest absolute Gasteiger partial charge is 0.266 e. The highest BCUT2D eigenvalue weighted by atomic mass is 16.2. The molecule has 18 heavy (non-hydrogen) atoms. The van der Waals surface area contributed by atoms with Gasteiger partial charge in [-0.05, 0) is 12.1 Å². The molecule has 0 aromatic heterocycles. The van der Waals surface area contributed by atoms with Crippen LogP contribution >= 0.6 is 0 Å². The quantitative estimate of drug-likeness (QED) is 0.576. The Balaban J connectivity index is 2.49. The number of nitriles is 1. The average Bonchev–Trinajstić information content (AvgIpc) is 2.60. The van der Waals surface area contributed by atoms with E-state index in [9.17, 15) is 9.59 Å². The van der Waals surface area contributed by atoms with E-state index in [0.717, 1.165) is 4.90 Å². The zero-order valence-corrected chi connectivity index (χ0v) is 10.0. The maximum absolute atomic E-state index is 12.1. The van der Waals surface area contributed by atoms with Gasteiger partial charge in [-0.25, -0.2) is 4.90 Å². The molecule has 1 aromatic rings. The molecule has 0 saturated carbocycles. The number of rotatable bonds is 2. The molecule has 5 heteroatoms. The maximum Gasteiger partial charge on any atom is 0.266 e. The largest absolute Gasteiger partial charge is 0.381 e. The molecule has 1 aliphatic rings. The first-order valence-electron chi connectivity index (χ1n) is 5.32. The Morgan fingerprint density at radius 2 is 1.72 bits per heavy atom. The van der Waals surface area contributed by atoms with E-state index in [4.69, 9.17) is 5.26 Å². The van der Waals surface area contributed by atoms with Gasteiger partial charge in [-0.15, -0.1) is 0 Å². The number of carbonyl (C=O) groups excluding carboxylic acids is 2. The number of nitrogens with zero attached hydrogens (tertiary/aromatic N) is 3. The Bertz CT molecular complexity index is 561. The molecular weight excluding hydrogens is 230 g/mol. The van der Waals surface area contributed by atoms with Crippen molar-refractivity contribution in [3.05, 3.63) is 47.3 Å². The molecule has 0 atom stereocenters. The van der Waals surface area contributed by atoms with Crippen LogP contribution in [0.2, 0.25) is 0 Å². The van der Waals surface area contributed by atoms with E-state index in [1.54, 1.807) is 43.3 Å².